The van der Waals surface area contributed by atoms with Crippen LogP contribution in [0.2, 0.25) is 0 Å². The summed E-state index contributed by atoms with van der Waals surface area (Å²) in [7, 11) is 0. The Morgan fingerprint density at radius 3 is 2.67 bits per heavy atom. The second kappa shape index (κ2) is 4.96. The lowest BCUT2D eigenvalue weighted by Crippen LogP contribution is -2.42. The smallest absolute Gasteiger partial charge is 0.335 e. The largest absolute Gasteiger partial charge is 0.478 e. The van der Waals surface area contributed by atoms with Crippen molar-refractivity contribution in [1.82, 2.24) is 4.90 Å². The van der Waals surface area contributed by atoms with Crippen molar-refractivity contribution in [1.29, 1.82) is 0 Å². The highest BCUT2D eigenvalue weighted by Gasteiger charge is 2.41. The van der Waals surface area contributed by atoms with Gasteiger partial charge in [0, 0.05) is 18.6 Å². The van der Waals surface area contributed by atoms with Crippen LogP contribution in [0.4, 0.5) is 0 Å². The first-order valence-corrected chi connectivity index (χ1v) is 6.83. The van der Waals surface area contributed by atoms with Crippen molar-refractivity contribution in [3.05, 3.63) is 34.9 Å². The molecule has 2 aliphatic heterocycles. The molecule has 6 nitrogen and oxygen atoms in total. The Bertz CT molecular complexity index is 633. The highest BCUT2D eigenvalue weighted by molar-refractivity contribution is 6.22. The molecule has 0 bridgehead atoms. The summed E-state index contributed by atoms with van der Waals surface area (Å²) in [5, 5.41) is 8.99. The first-order valence-electron chi connectivity index (χ1n) is 6.83. The summed E-state index contributed by atoms with van der Waals surface area (Å²) in [5.74, 6) is -1.76. The van der Waals surface area contributed by atoms with Gasteiger partial charge in [0.2, 0.25) is 0 Å². The van der Waals surface area contributed by atoms with E-state index in [0.29, 0.717) is 13.2 Å². The van der Waals surface area contributed by atoms with Crippen LogP contribution in [0.5, 0.6) is 0 Å². The zero-order valence-corrected chi connectivity index (χ0v) is 11.5. The molecule has 2 amide bonds. The number of hydrogen-bond acceptors (Lipinski definition) is 4. The van der Waals surface area contributed by atoms with Crippen LogP contribution in [0.3, 0.4) is 0 Å². The van der Waals surface area contributed by atoms with Gasteiger partial charge in [-0.15, -0.1) is 0 Å². The molecule has 0 spiro atoms. The molecule has 1 N–H and O–H groups in total. The second-order valence-electron chi connectivity index (χ2n) is 5.41. The van der Waals surface area contributed by atoms with Crippen LogP contribution in [0, 0.1) is 5.92 Å². The van der Waals surface area contributed by atoms with Gasteiger partial charge in [0.15, 0.2) is 0 Å². The molecule has 2 unspecified atom stereocenters. The molecule has 0 aromatic heterocycles. The number of benzene rings is 1. The van der Waals surface area contributed by atoms with Crippen LogP contribution in [0.15, 0.2) is 18.2 Å². The van der Waals surface area contributed by atoms with E-state index < -0.39 is 11.9 Å². The van der Waals surface area contributed by atoms with Crippen molar-refractivity contribution in [3.63, 3.8) is 0 Å². The summed E-state index contributed by atoms with van der Waals surface area (Å²) in [6.07, 6.45) is 0.814. The van der Waals surface area contributed by atoms with Crippen LogP contribution >= 0.6 is 0 Å². The molecule has 1 aromatic carbocycles. The van der Waals surface area contributed by atoms with E-state index in [-0.39, 0.29) is 34.6 Å². The number of carbonyl (C=O) groups is 3. The Labute approximate surface area is 121 Å². The predicted octanol–water partition coefficient (Wildman–Crippen LogP) is 1.41. The first-order chi connectivity index (χ1) is 10.0. The molecule has 3 rings (SSSR count). The minimum atomic E-state index is -1.12. The van der Waals surface area contributed by atoms with Gasteiger partial charge in [-0.2, -0.15) is 0 Å². The van der Waals surface area contributed by atoms with Crippen LogP contribution in [0.1, 0.15) is 44.4 Å². The van der Waals surface area contributed by atoms with E-state index in [4.69, 9.17) is 9.84 Å². The monoisotopic (exact) mass is 289 g/mol. The molecule has 21 heavy (non-hydrogen) atoms. The van der Waals surface area contributed by atoms with Crippen molar-refractivity contribution in [2.24, 2.45) is 5.92 Å². The average Bonchev–Trinajstić information content (AvgIpc) is 3.07. The van der Waals surface area contributed by atoms with E-state index in [1.165, 1.54) is 23.1 Å². The Hall–Kier alpha value is -2.21. The molecule has 110 valence electrons. The van der Waals surface area contributed by atoms with Gasteiger partial charge in [-0.25, -0.2) is 4.79 Å². The minimum absolute atomic E-state index is 0.00797. The van der Waals surface area contributed by atoms with Crippen molar-refractivity contribution >= 4 is 17.8 Å². The van der Waals surface area contributed by atoms with Crippen molar-refractivity contribution in [2.75, 3.05) is 13.2 Å². The second-order valence-corrected chi connectivity index (χ2v) is 5.41. The summed E-state index contributed by atoms with van der Waals surface area (Å²) in [4.78, 5) is 37.1. The lowest BCUT2D eigenvalue weighted by atomic mass is 9.99. The maximum absolute atomic E-state index is 12.5. The van der Waals surface area contributed by atoms with Gasteiger partial charge in [0.1, 0.15) is 0 Å². The summed E-state index contributed by atoms with van der Waals surface area (Å²) >= 11 is 0. The maximum atomic E-state index is 12.5. The highest BCUT2D eigenvalue weighted by Crippen LogP contribution is 2.30. The average molecular weight is 289 g/mol. The Morgan fingerprint density at radius 2 is 2.05 bits per heavy atom. The third-order valence-electron chi connectivity index (χ3n) is 4.22. The fourth-order valence-electron chi connectivity index (χ4n) is 2.91. The van der Waals surface area contributed by atoms with Gasteiger partial charge in [-0.1, -0.05) is 0 Å². The maximum Gasteiger partial charge on any atom is 0.335 e. The molecule has 2 heterocycles. The lowest BCUT2D eigenvalue weighted by Gasteiger charge is -2.26. The van der Waals surface area contributed by atoms with Gasteiger partial charge < -0.3 is 9.84 Å². The molecule has 2 aliphatic rings. The molecule has 0 radical (unpaired) electrons. The van der Waals surface area contributed by atoms with Crippen molar-refractivity contribution < 1.29 is 24.2 Å². The summed E-state index contributed by atoms with van der Waals surface area (Å²) < 4.78 is 5.31. The first kappa shape index (κ1) is 13.8. The summed E-state index contributed by atoms with van der Waals surface area (Å²) in [6, 6.07) is 3.78. The van der Waals surface area contributed by atoms with Gasteiger partial charge in [0.05, 0.1) is 23.3 Å². The molecule has 1 aromatic rings. The van der Waals surface area contributed by atoms with E-state index in [9.17, 15) is 14.4 Å². The molecule has 1 saturated heterocycles. The van der Waals surface area contributed by atoms with E-state index in [1.807, 2.05) is 6.92 Å². The number of aromatic carboxylic acids is 1. The molecule has 2 atom stereocenters. The van der Waals surface area contributed by atoms with Crippen LogP contribution < -0.4 is 0 Å². The lowest BCUT2D eigenvalue weighted by molar-refractivity contribution is 0.0534. The fraction of sp³-hybridized carbons (Fsp3) is 0.400. The molecule has 0 saturated carbocycles. The normalized spacial score (nSPS) is 22.5. The number of rotatable bonds is 3. The van der Waals surface area contributed by atoms with Gasteiger partial charge in [-0.3, -0.25) is 14.5 Å². The number of nitrogens with zero attached hydrogens (tertiary/aromatic N) is 1. The number of hydrogen-bond donors (Lipinski definition) is 1. The van der Waals surface area contributed by atoms with E-state index in [2.05, 4.69) is 0 Å². The Morgan fingerprint density at radius 1 is 1.33 bits per heavy atom. The Balaban J connectivity index is 1.94. The Kier molecular flexibility index (Phi) is 3.25. The van der Waals surface area contributed by atoms with Gasteiger partial charge >= 0.3 is 5.97 Å². The van der Waals surface area contributed by atoms with E-state index in [1.54, 1.807) is 0 Å². The number of carboxylic acids is 1. The number of ether oxygens (including phenoxy) is 1. The van der Waals surface area contributed by atoms with E-state index in [0.717, 1.165) is 6.42 Å². The van der Waals surface area contributed by atoms with Crippen LogP contribution in [-0.4, -0.2) is 47.0 Å². The summed E-state index contributed by atoms with van der Waals surface area (Å²) in [6.45, 7) is 3.01. The zero-order valence-electron chi connectivity index (χ0n) is 11.5. The van der Waals surface area contributed by atoms with Gasteiger partial charge in [0.25, 0.3) is 11.8 Å². The number of imide groups is 1. The predicted molar refractivity (Wildman–Crippen MR) is 72.3 cm³/mol. The molecular weight excluding hydrogens is 274 g/mol. The molecule has 0 aliphatic carbocycles. The molecule has 6 heteroatoms. The summed E-state index contributed by atoms with van der Waals surface area (Å²) in [5.41, 5.74) is 0.454. The van der Waals surface area contributed by atoms with Crippen molar-refractivity contribution in [3.8, 4) is 0 Å². The third-order valence-corrected chi connectivity index (χ3v) is 4.22. The SMILES string of the molecule is CC(C1CCOC1)N1C(=O)c2ccc(C(=O)O)cc2C1=O. The molecular formula is C15H15NO5. The number of fused-ring (bicyclic) bond motifs is 1. The fourth-order valence-corrected chi connectivity index (χ4v) is 2.91. The molecule has 1 fully saturated rings. The van der Waals surface area contributed by atoms with Gasteiger partial charge in [-0.05, 0) is 31.5 Å². The van der Waals surface area contributed by atoms with Crippen molar-refractivity contribution in [2.45, 2.75) is 19.4 Å². The highest BCUT2D eigenvalue weighted by atomic mass is 16.5. The van der Waals surface area contributed by atoms with Crippen LogP contribution in [-0.2, 0) is 4.74 Å². The standard InChI is InChI=1S/C15H15NO5/c1-8(10-4-5-21-7-10)16-13(17)11-3-2-9(15(19)20)6-12(11)14(16)18/h2-3,6,8,10H,4-5,7H2,1H3,(H,19,20). The number of carbonyl (C=O) groups excluding carboxylic acids is 2. The number of amides is 2. The quantitative estimate of drug-likeness (QED) is 0.850. The number of carboxylic acid groups (broad SMARTS) is 1. The van der Waals surface area contributed by atoms with Crippen LogP contribution in [0.25, 0.3) is 0 Å². The topological polar surface area (TPSA) is 83.9 Å². The minimum Gasteiger partial charge on any atom is -0.478 e. The zero-order chi connectivity index (χ0) is 15.1. The van der Waals surface area contributed by atoms with E-state index >= 15 is 0 Å². The third kappa shape index (κ3) is 2.12.